The molecule has 15 heteroatoms. The van der Waals surface area contributed by atoms with Crippen molar-refractivity contribution < 1.29 is 37.1 Å². The summed E-state index contributed by atoms with van der Waals surface area (Å²) in [6, 6.07) is 5.41. The Labute approximate surface area is 363 Å². The third-order valence-corrected chi connectivity index (χ3v) is 16.6. The van der Waals surface area contributed by atoms with Gasteiger partial charge in [0.15, 0.2) is 5.78 Å². The fraction of sp³-hybridized carbons (Fsp3) is 0.652. The summed E-state index contributed by atoms with van der Waals surface area (Å²) in [4.78, 5) is 68.6. The molecule has 0 radical (unpaired) electrons. The molecular weight excluding hydrogens is 815 g/mol. The molecule has 0 unspecified atom stereocenters. The van der Waals surface area contributed by atoms with Crippen LogP contribution in [0.3, 0.4) is 0 Å². The van der Waals surface area contributed by atoms with Crippen LogP contribution >= 0.6 is 11.3 Å². The topological polar surface area (TPSA) is 167 Å². The summed E-state index contributed by atoms with van der Waals surface area (Å²) < 4.78 is 42.5. The minimum absolute atomic E-state index is 0.0437. The maximum absolute atomic E-state index is 14.8. The van der Waals surface area contributed by atoms with Crippen molar-refractivity contribution in [2.45, 2.75) is 166 Å². The van der Waals surface area contributed by atoms with E-state index in [1.807, 2.05) is 34.9 Å². The van der Waals surface area contributed by atoms with Gasteiger partial charge >= 0.3 is 5.97 Å². The molecule has 8 rings (SSSR count). The zero-order valence-corrected chi connectivity index (χ0v) is 38.0. The molecule has 4 fully saturated rings. The van der Waals surface area contributed by atoms with Crippen LogP contribution in [-0.4, -0.2) is 80.5 Å². The lowest BCUT2D eigenvalue weighted by Crippen LogP contribution is -2.47. The van der Waals surface area contributed by atoms with Crippen molar-refractivity contribution in [2.24, 2.45) is 17.3 Å². The molecule has 4 heterocycles. The first-order valence-corrected chi connectivity index (χ1v) is 24.7. The minimum Gasteiger partial charge on any atom is -0.460 e. The molecule has 5 aliphatic rings. The van der Waals surface area contributed by atoms with Crippen LogP contribution in [0, 0.1) is 17.3 Å². The zero-order valence-electron chi connectivity index (χ0n) is 36.4. The van der Waals surface area contributed by atoms with Gasteiger partial charge in [-0.2, -0.15) is 4.98 Å². The largest absolute Gasteiger partial charge is 0.460 e. The Morgan fingerprint density at radius 3 is 2.51 bits per heavy atom. The fourth-order valence-corrected chi connectivity index (χ4v) is 11.6. The molecule has 2 aromatic heterocycles. The Morgan fingerprint density at radius 1 is 1.05 bits per heavy atom. The summed E-state index contributed by atoms with van der Waals surface area (Å²) in [5.41, 5.74) is 1.69. The number of carbonyl (C=O) groups excluding carboxylic acids is 4. The summed E-state index contributed by atoms with van der Waals surface area (Å²) in [7, 11) is -3.95. The predicted molar refractivity (Wildman–Crippen MR) is 233 cm³/mol. The van der Waals surface area contributed by atoms with Gasteiger partial charge in [-0.1, -0.05) is 37.5 Å². The number of esters is 1. The molecule has 5 atom stereocenters. The summed E-state index contributed by atoms with van der Waals surface area (Å²) in [6.45, 7) is 11.2. The summed E-state index contributed by atoms with van der Waals surface area (Å²) in [5.74, 6) is -2.35. The Balaban J connectivity index is 1.11. The first-order chi connectivity index (χ1) is 28.9. The van der Waals surface area contributed by atoms with Gasteiger partial charge in [0.25, 0.3) is 6.01 Å². The fourth-order valence-electron chi connectivity index (χ4n) is 9.31. The molecule has 3 aliphatic carbocycles. The Bertz CT molecular complexity index is 2330. The van der Waals surface area contributed by atoms with Gasteiger partial charge in [0.05, 0.1) is 40.4 Å². The van der Waals surface area contributed by atoms with E-state index in [0.717, 1.165) is 59.4 Å². The lowest BCUT2D eigenvalue weighted by atomic mass is 9.83. The highest BCUT2D eigenvalue weighted by molar-refractivity contribution is 7.91. The number of carbonyl (C=O) groups is 4. The van der Waals surface area contributed by atoms with Crippen molar-refractivity contribution in [3.63, 3.8) is 0 Å². The van der Waals surface area contributed by atoms with Crippen LogP contribution in [0.1, 0.15) is 149 Å². The molecule has 0 spiro atoms. The van der Waals surface area contributed by atoms with Gasteiger partial charge in [-0.3, -0.25) is 28.5 Å². The van der Waals surface area contributed by atoms with Crippen LogP contribution in [-0.2, 0) is 33.9 Å². The average molecular weight is 876 g/mol. The number of rotatable bonds is 10. The van der Waals surface area contributed by atoms with E-state index in [1.54, 1.807) is 43.9 Å². The Hall–Kier alpha value is -4.11. The number of amides is 2. The lowest BCUT2D eigenvalue weighted by Gasteiger charge is -2.29. The maximum Gasteiger partial charge on any atom is 0.307 e. The minimum atomic E-state index is -3.95. The number of para-hydroxylation sites is 1. The van der Waals surface area contributed by atoms with E-state index in [0.29, 0.717) is 44.0 Å². The molecule has 330 valence electrons. The molecule has 1 aromatic carbocycles. The molecule has 3 saturated carbocycles. The number of ketones is 1. The van der Waals surface area contributed by atoms with Crippen molar-refractivity contribution in [1.82, 2.24) is 24.2 Å². The highest BCUT2D eigenvalue weighted by Crippen LogP contribution is 2.58. The van der Waals surface area contributed by atoms with Gasteiger partial charge in [0.2, 0.25) is 21.8 Å². The van der Waals surface area contributed by atoms with Crippen molar-refractivity contribution in [3.8, 4) is 16.6 Å². The van der Waals surface area contributed by atoms with E-state index in [9.17, 15) is 27.6 Å². The number of nitrogens with one attached hydrogen (secondary N) is 1. The predicted octanol–water partition coefficient (Wildman–Crippen LogP) is 8.19. The SMILES string of the molecule is CC(C)n1c(O[C@@H]2C[C@H]3C(=O)C[C@]4(C(=O)NS(=O)(=O)C5(C)CC5)C[C@H]4/C=C\CCCCC[C@H](CC(=O)OC(C)(C)C)C(=O)N3C2)nc2c(-c3nc(C4CCC4)cs3)cccc21. The summed E-state index contributed by atoms with van der Waals surface area (Å²) in [6.07, 6.45) is 11.5. The lowest BCUT2D eigenvalue weighted by molar-refractivity contribution is -0.159. The number of imidazole rings is 1. The monoisotopic (exact) mass is 875 g/mol. The van der Waals surface area contributed by atoms with Gasteiger partial charge in [-0.15, -0.1) is 11.3 Å². The third-order valence-electron chi connectivity index (χ3n) is 13.5. The van der Waals surface area contributed by atoms with Crippen LogP contribution in [0.15, 0.2) is 35.7 Å². The van der Waals surface area contributed by atoms with Crippen LogP contribution in [0.4, 0.5) is 0 Å². The van der Waals surface area contributed by atoms with Crippen molar-refractivity contribution in [2.75, 3.05) is 6.54 Å². The van der Waals surface area contributed by atoms with Crippen LogP contribution in [0.25, 0.3) is 21.6 Å². The molecular formula is C46H61N5O8S2. The van der Waals surface area contributed by atoms with E-state index in [-0.39, 0.29) is 49.5 Å². The highest BCUT2D eigenvalue weighted by atomic mass is 32.2. The second-order valence-electron chi connectivity index (χ2n) is 19.8. The second kappa shape index (κ2) is 16.5. The van der Waals surface area contributed by atoms with Crippen LogP contribution in [0.5, 0.6) is 6.01 Å². The Morgan fingerprint density at radius 2 is 1.82 bits per heavy atom. The number of allylic oxidation sites excluding steroid dienone is 2. The van der Waals surface area contributed by atoms with E-state index < -0.39 is 55.7 Å². The van der Waals surface area contributed by atoms with Crippen molar-refractivity contribution in [3.05, 3.63) is 41.4 Å². The zero-order chi connectivity index (χ0) is 43.5. The standard InChI is InChI=1S/C46H61N5O8S2/c1-28(2)51-35-19-13-18-33(40-47-34(27-60-40)29-15-12-16-29)39(35)48-43(51)58-32-23-36-37(52)25-46(42(55)49-61(56,57)45(6)20-21-45)24-31(46)17-11-9-7-8-10-14-30(41(54)50(36)26-32)22-38(53)59-44(3,4)5/h11,13,17-19,27-32,36H,7-10,12,14-16,20-26H2,1-6H3,(H,49,55)/b17-11-/t30-,31-,32-,36+,46-/m1/s1. The number of sulfonamides is 1. The molecule has 2 amide bonds. The van der Waals surface area contributed by atoms with E-state index in [2.05, 4.69) is 23.9 Å². The highest BCUT2D eigenvalue weighted by Gasteiger charge is 2.62. The molecule has 1 N–H and O–H groups in total. The molecule has 61 heavy (non-hydrogen) atoms. The first kappa shape index (κ1) is 43.5. The number of ether oxygens (including phenoxy) is 2. The quantitative estimate of drug-likeness (QED) is 0.155. The molecule has 3 aromatic rings. The van der Waals surface area contributed by atoms with Crippen LogP contribution in [0.2, 0.25) is 0 Å². The first-order valence-electron chi connectivity index (χ1n) is 22.3. The summed E-state index contributed by atoms with van der Waals surface area (Å²) >= 11 is 1.62. The smallest absolute Gasteiger partial charge is 0.307 e. The van der Waals surface area contributed by atoms with Crippen molar-refractivity contribution >= 4 is 56.0 Å². The average Bonchev–Trinajstić information content (AvgIpc) is 3.84. The normalized spacial score (nSPS) is 27.7. The van der Waals surface area contributed by atoms with E-state index in [1.165, 1.54) is 6.42 Å². The van der Waals surface area contributed by atoms with Crippen molar-refractivity contribution in [1.29, 1.82) is 0 Å². The number of benzene rings is 1. The number of thiazole rings is 1. The molecule has 2 aliphatic heterocycles. The van der Waals surface area contributed by atoms with Gasteiger partial charge < -0.3 is 14.4 Å². The van der Waals surface area contributed by atoms with Crippen LogP contribution < -0.4 is 9.46 Å². The van der Waals surface area contributed by atoms with E-state index in [4.69, 9.17) is 19.4 Å². The Kier molecular flexibility index (Phi) is 11.8. The van der Waals surface area contributed by atoms with Gasteiger partial charge in [0, 0.05) is 41.7 Å². The van der Waals surface area contributed by atoms with Gasteiger partial charge in [0.1, 0.15) is 22.2 Å². The number of hydrogen-bond donors (Lipinski definition) is 1. The maximum atomic E-state index is 14.8. The third kappa shape index (κ3) is 8.92. The number of Topliss-reactive ketones (excluding diaryl/α,β-unsaturated/α-hetero) is 1. The van der Waals surface area contributed by atoms with Gasteiger partial charge in [-0.05, 0) is 111 Å². The number of fused-ring (bicyclic) bond motifs is 3. The number of nitrogens with zero attached hydrogens (tertiary/aromatic N) is 4. The van der Waals surface area contributed by atoms with Gasteiger partial charge in [-0.25, -0.2) is 13.4 Å². The number of hydrogen-bond acceptors (Lipinski definition) is 11. The molecule has 1 saturated heterocycles. The van der Waals surface area contributed by atoms with E-state index >= 15 is 0 Å². The summed E-state index contributed by atoms with van der Waals surface area (Å²) in [5, 5.41) is 3.05. The molecule has 13 nitrogen and oxygen atoms in total. The second-order valence-corrected chi connectivity index (χ2v) is 22.8. The number of aromatic nitrogens is 3. The molecule has 0 bridgehead atoms.